The van der Waals surface area contributed by atoms with Crippen LogP contribution >= 0.6 is 0 Å². The van der Waals surface area contributed by atoms with Crippen LogP contribution in [0.4, 0.5) is 13.2 Å². The fraction of sp³-hybridized carbons (Fsp3) is 0.500. The number of aryl methyl sites for hydroxylation is 1. The van der Waals surface area contributed by atoms with Crippen LogP contribution in [0, 0.1) is 5.92 Å². The number of pyridine rings is 1. The third-order valence-electron chi connectivity index (χ3n) is 6.38. The largest absolute Gasteiger partial charge is 0.467 e. The molecule has 0 bridgehead atoms. The zero-order valence-corrected chi connectivity index (χ0v) is 20.2. The van der Waals surface area contributed by atoms with Gasteiger partial charge >= 0.3 is 12.1 Å². The molecule has 9 heteroatoms. The minimum atomic E-state index is -4.45. The molecular weight excluding hydrogens is 461 g/mol. The van der Waals surface area contributed by atoms with Gasteiger partial charge in [0, 0.05) is 5.69 Å². The van der Waals surface area contributed by atoms with Gasteiger partial charge in [-0.25, -0.2) is 4.79 Å². The zero-order chi connectivity index (χ0) is 25.8. The highest BCUT2D eigenvalue weighted by Crippen LogP contribution is 2.29. The molecule has 1 heterocycles. The van der Waals surface area contributed by atoms with E-state index in [0.29, 0.717) is 18.4 Å². The molecule has 1 atom stereocenters. The van der Waals surface area contributed by atoms with Crippen molar-refractivity contribution in [2.75, 3.05) is 7.11 Å². The van der Waals surface area contributed by atoms with Crippen LogP contribution in [-0.2, 0) is 35.1 Å². The number of alkyl halides is 3. The number of benzene rings is 1. The van der Waals surface area contributed by atoms with Gasteiger partial charge in [-0.1, -0.05) is 38.8 Å². The van der Waals surface area contributed by atoms with Crippen LogP contribution in [0.1, 0.15) is 72.3 Å². The molecule has 3 rings (SSSR count). The number of amides is 1. The molecule has 1 unspecified atom stereocenters. The van der Waals surface area contributed by atoms with E-state index < -0.39 is 35.2 Å². The summed E-state index contributed by atoms with van der Waals surface area (Å²) in [6, 6.07) is 5.37. The van der Waals surface area contributed by atoms with Gasteiger partial charge in [0.1, 0.15) is 11.6 Å². The van der Waals surface area contributed by atoms with E-state index in [4.69, 9.17) is 4.74 Å². The van der Waals surface area contributed by atoms with E-state index in [0.717, 1.165) is 49.1 Å². The van der Waals surface area contributed by atoms with Crippen LogP contribution in [0.5, 0.6) is 0 Å². The first-order chi connectivity index (χ1) is 16.5. The maximum Gasteiger partial charge on any atom is 0.416 e. The number of halogens is 3. The lowest BCUT2D eigenvalue weighted by atomic mass is 9.95. The Morgan fingerprint density at radius 1 is 1.06 bits per heavy atom. The van der Waals surface area contributed by atoms with Gasteiger partial charge in [0.15, 0.2) is 0 Å². The van der Waals surface area contributed by atoms with Crippen LogP contribution < -0.4 is 10.9 Å². The molecule has 1 aromatic heterocycles. The lowest BCUT2D eigenvalue weighted by Gasteiger charge is -2.23. The molecule has 1 N–H and O–H groups in total. The molecule has 35 heavy (non-hydrogen) atoms. The van der Waals surface area contributed by atoms with E-state index in [1.807, 2.05) is 0 Å². The summed E-state index contributed by atoms with van der Waals surface area (Å²) in [5.74, 6) is -1.54. The average Bonchev–Trinajstić information content (AvgIpc) is 2.79. The summed E-state index contributed by atoms with van der Waals surface area (Å²) >= 11 is 0. The predicted octanol–water partition coefficient (Wildman–Crippen LogP) is 4.50. The van der Waals surface area contributed by atoms with Gasteiger partial charge in [0.05, 0.1) is 19.2 Å². The first-order valence-corrected chi connectivity index (χ1v) is 11.8. The molecule has 6 nitrogen and oxygen atoms in total. The minimum Gasteiger partial charge on any atom is -0.467 e. The molecule has 0 aliphatic heterocycles. The van der Waals surface area contributed by atoms with E-state index in [2.05, 4.69) is 5.32 Å². The highest BCUT2D eigenvalue weighted by Gasteiger charge is 2.30. The van der Waals surface area contributed by atoms with Crippen molar-refractivity contribution in [3.8, 4) is 0 Å². The van der Waals surface area contributed by atoms with E-state index in [1.165, 1.54) is 23.8 Å². The number of hydrogen-bond donors (Lipinski definition) is 1. The Morgan fingerprint density at radius 2 is 1.69 bits per heavy atom. The number of carbonyl (C=O) groups is 2. The van der Waals surface area contributed by atoms with Gasteiger partial charge in [0.2, 0.25) is 0 Å². The van der Waals surface area contributed by atoms with Gasteiger partial charge in [-0.05, 0) is 60.9 Å². The Balaban J connectivity index is 2.04. The Hall–Kier alpha value is -3.10. The molecule has 2 aromatic rings. The maximum atomic E-state index is 13.5. The summed E-state index contributed by atoms with van der Waals surface area (Å²) in [5.41, 5.74) is 0.816. The molecule has 0 saturated carbocycles. The molecule has 1 aliphatic carbocycles. The second-order valence-electron chi connectivity index (χ2n) is 9.25. The Kier molecular flexibility index (Phi) is 8.40. The highest BCUT2D eigenvalue weighted by atomic mass is 19.4. The van der Waals surface area contributed by atoms with Crippen LogP contribution in [0.3, 0.4) is 0 Å². The molecule has 0 spiro atoms. The topological polar surface area (TPSA) is 77.4 Å². The third-order valence-corrected chi connectivity index (χ3v) is 6.38. The molecule has 0 radical (unpaired) electrons. The van der Waals surface area contributed by atoms with Gasteiger partial charge in [-0.15, -0.1) is 0 Å². The Labute approximate surface area is 202 Å². The first kappa shape index (κ1) is 26.5. The lowest BCUT2D eigenvalue weighted by Crippen LogP contribution is -2.47. The monoisotopic (exact) mass is 492 g/mol. The molecule has 1 aliphatic rings. The number of fused-ring (bicyclic) bond motifs is 1. The number of methoxy groups -OCH3 is 1. The zero-order valence-electron chi connectivity index (χ0n) is 20.2. The van der Waals surface area contributed by atoms with E-state index in [1.54, 1.807) is 19.9 Å². The molecule has 0 fully saturated rings. The summed E-state index contributed by atoms with van der Waals surface area (Å²) < 4.78 is 45.2. The Morgan fingerprint density at radius 3 is 2.26 bits per heavy atom. The third kappa shape index (κ3) is 6.32. The Bertz CT molecular complexity index is 1120. The molecule has 1 amide bonds. The van der Waals surface area contributed by atoms with Crippen molar-refractivity contribution in [2.45, 2.75) is 71.1 Å². The molecule has 190 valence electrons. The van der Waals surface area contributed by atoms with Crippen LogP contribution in [0.15, 0.2) is 35.1 Å². The van der Waals surface area contributed by atoms with E-state index in [9.17, 15) is 27.6 Å². The predicted molar refractivity (Wildman–Crippen MR) is 125 cm³/mol. The van der Waals surface area contributed by atoms with Crippen molar-refractivity contribution >= 4 is 11.9 Å². The minimum absolute atomic E-state index is 0.0467. The summed E-state index contributed by atoms with van der Waals surface area (Å²) in [6.45, 7) is 3.56. The van der Waals surface area contributed by atoms with Crippen molar-refractivity contribution in [1.82, 2.24) is 9.88 Å². The number of nitrogens with one attached hydrogen (secondary N) is 1. The number of carbonyl (C=O) groups excluding carboxylic acids is 2. The fourth-order valence-corrected chi connectivity index (χ4v) is 4.39. The van der Waals surface area contributed by atoms with E-state index in [-0.39, 0.29) is 18.0 Å². The number of esters is 1. The quantitative estimate of drug-likeness (QED) is 0.603. The van der Waals surface area contributed by atoms with Crippen molar-refractivity contribution in [3.05, 3.63) is 68.6 Å². The number of ether oxygens (including phenoxy) is 1. The number of hydrogen-bond acceptors (Lipinski definition) is 4. The standard InChI is InChI=1S/C26H31F3N2O4/c1-16(2)22(25(34)35-3)30-23(32)20-14-18-8-6-4-5-7-9-21(18)31(24(20)33)15-17-10-12-19(13-11-17)26(27,28)29/h10-14,16,22H,4-9,15H2,1-3H3,(H,30,32). The van der Waals surface area contributed by atoms with Crippen LogP contribution in [0.25, 0.3) is 0 Å². The fourth-order valence-electron chi connectivity index (χ4n) is 4.39. The maximum absolute atomic E-state index is 13.5. The molecule has 1 aromatic carbocycles. The second-order valence-corrected chi connectivity index (χ2v) is 9.25. The van der Waals surface area contributed by atoms with E-state index >= 15 is 0 Å². The number of aromatic nitrogens is 1. The van der Waals surface area contributed by atoms with Crippen molar-refractivity contribution in [1.29, 1.82) is 0 Å². The van der Waals surface area contributed by atoms with Gasteiger partial charge in [0.25, 0.3) is 11.5 Å². The normalized spacial score (nSPS) is 15.1. The first-order valence-electron chi connectivity index (χ1n) is 11.8. The smallest absolute Gasteiger partial charge is 0.416 e. The van der Waals surface area contributed by atoms with Gasteiger partial charge in [-0.2, -0.15) is 13.2 Å². The van der Waals surface area contributed by atoms with Gasteiger partial charge < -0.3 is 14.6 Å². The summed E-state index contributed by atoms with van der Waals surface area (Å²) in [6.07, 6.45) is 0.723. The molecular formula is C26H31F3N2O4. The number of nitrogens with zero attached hydrogens (tertiary/aromatic N) is 1. The average molecular weight is 493 g/mol. The second kappa shape index (κ2) is 11.1. The lowest BCUT2D eigenvalue weighted by molar-refractivity contribution is -0.144. The van der Waals surface area contributed by atoms with Crippen molar-refractivity contribution in [3.63, 3.8) is 0 Å². The van der Waals surface area contributed by atoms with Crippen LogP contribution in [-0.4, -0.2) is 29.6 Å². The van der Waals surface area contributed by atoms with Gasteiger partial charge in [-0.3, -0.25) is 9.59 Å². The SMILES string of the molecule is COC(=O)C(NC(=O)c1cc2c(n(Cc3ccc(C(F)(F)F)cc3)c1=O)CCCCCC2)C(C)C. The van der Waals surface area contributed by atoms with Crippen LogP contribution in [0.2, 0.25) is 0 Å². The molecule has 0 saturated heterocycles. The number of rotatable bonds is 6. The summed E-state index contributed by atoms with van der Waals surface area (Å²) in [7, 11) is 1.23. The summed E-state index contributed by atoms with van der Waals surface area (Å²) in [4.78, 5) is 38.8. The highest BCUT2D eigenvalue weighted by molar-refractivity contribution is 5.96. The van der Waals surface area contributed by atoms with Crippen molar-refractivity contribution < 1.29 is 27.5 Å². The summed E-state index contributed by atoms with van der Waals surface area (Å²) in [5, 5.41) is 2.62. The van der Waals surface area contributed by atoms with Crippen molar-refractivity contribution in [2.24, 2.45) is 5.92 Å².